The first-order chi connectivity index (χ1) is 14.9. The van der Waals surface area contributed by atoms with Crippen LogP contribution in [0.3, 0.4) is 0 Å². The van der Waals surface area contributed by atoms with Gasteiger partial charge in [-0.2, -0.15) is 4.98 Å². The third-order valence-corrected chi connectivity index (χ3v) is 6.85. The van der Waals surface area contributed by atoms with Gasteiger partial charge in [0.05, 0.1) is 4.88 Å². The SMILES string of the molecule is CC(C)(C)Sc1ccc(-c2noc(-c3ccc(-c4ccc5c(c4)OCCO5)s3)n2)cc1. The number of nitrogens with zero attached hydrogens (tertiary/aromatic N) is 2. The molecule has 0 N–H and O–H groups in total. The molecule has 0 unspecified atom stereocenters. The molecule has 5 nitrogen and oxygen atoms in total. The molecule has 0 amide bonds. The van der Waals surface area contributed by atoms with Crippen LogP contribution in [0.25, 0.3) is 32.6 Å². The van der Waals surface area contributed by atoms with Crippen molar-refractivity contribution in [3.05, 3.63) is 54.6 Å². The predicted octanol–water partition coefficient (Wildman–Crippen LogP) is 6.79. The van der Waals surface area contributed by atoms with E-state index in [1.807, 2.05) is 48.2 Å². The molecule has 2 aromatic carbocycles. The number of rotatable bonds is 4. The number of hydrogen-bond donors (Lipinski definition) is 0. The van der Waals surface area contributed by atoms with Gasteiger partial charge in [-0.05, 0) is 60.2 Å². The Bertz CT molecular complexity index is 1210. The van der Waals surface area contributed by atoms with Crippen LogP contribution in [-0.2, 0) is 0 Å². The summed E-state index contributed by atoms with van der Waals surface area (Å²) in [6, 6.07) is 18.4. The Hall–Kier alpha value is -2.77. The highest BCUT2D eigenvalue weighted by Gasteiger charge is 2.17. The average Bonchev–Trinajstić information content (AvgIpc) is 3.43. The van der Waals surface area contributed by atoms with Gasteiger partial charge in [-0.25, -0.2) is 0 Å². The zero-order valence-corrected chi connectivity index (χ0v) is 19.2. The number of fused-ring (bicyclic) bond motifs is 1. The summed E-state index contributed by atoms with van der Waals surface area (Å²) in [6.45, 7) is 7.78. The molecular formula is C24H22N2O3S2. The minimum Gasteiger partial charge on any atom is -0.486 e. The molecule has 0 spiro atoms. The van der Waals surface area contributed by atoms with Crippen LogP contribution in [0.2, 0.25) is 0 Å². The van der Waals surface area contributed by atoms with E-state index in [9.17, 15) is 0 Å². The van der Waals surface area contributed by atoms with Gasteiger partial charge in [0, 0.05) is 20.1 Å². The maximum Gasteiger partial charge on any atom is 0.268 e. The lowest BCUT2D eigenvalue weighted by atomic mass is 10.1. The number of aromatic nitrogens is 2. The first kappa shape index (κ1) is 20.2. The van der Waals surface area contributed by atoms with Crippen LogP contribution in [0.1, 0.15) is 20.8 Å². The van der Waals surface area contributed by atoms with E-state index in [0.29, 0.717) is 24.9 Å². The summed E-state index contributed by atoms with van der Waals surface area (Å²) in [5.74, 6) is 2.70. The van der Waals surface area contributed by atoms with Crippen LogP contribution in [0.15, 0.2) is 64.0 Å². The van der Waals surface area contributed by atoms with E-state index in [4.69, 9.17) is 14.0 Å². The van der Waals surface area contributed by atoms with Crippen LogP contribution in [0.4, 0.5) is 0 Å². The molecule has 7 heteroatoms. The molecule has 2 aromatic heterocycles. The summed E-state index contributed by atoms with van der Waals surface area (Å²) in [6.07, 6.45) is 0. The van der Waals surface area contributed by atoms with Gasteiger partial charge < -0.3 is 14.0 Å². The number of hydrogen-bond acceptors (Lipinski definition) is 7. The summed E-state index contributed by atoms with van der Waals surface area (Å²) in [7, 11) is 0. The fraction of sp³-hybridized carbons (Fsp3) is 0.250. The van der Waals surface area contributed by atoms with Crippen molar-refractivity contribution in [1.29, 1.82) is 0 Å². The molecule has 1 aliphatic rings. The fourth-order valence-corrected chi connectivity index (χ4v) is 5.17. The Balaban J connectivity index is 1.35. The zero-order chi connectivity index (χ0) is 21.4. The van der Waals surface area contributed by atoms with Crippen molar-refractivity contribution < 1.29 is 14.0 Å². The van der Waals surface area contributed by atoms with E-state index >= 15 is 0 Å². The third kappa shape index (κ3) is 4.48. The monoisotopic (exact) mass is 450 g/mol. The average molecular weight is 451 g/mol. The Morgan fingerprint density at radius 1 is 0.839 bits per heavy atom. The highest BCUT2D eigenvalue weighted by molar-refractivity contribution is 8.00. The van der Waals surface area contributed by atoms with Crippen LogP contribution in [0.5, 0.6) is 11.5 Å². The standard InChI is InChI=1S/C24H22N2O3S2/c1-24(2,3)31-17-7-4-15(5-8-17)22-25-23(29-26-22)21-11-10-20(30-21)16-6-9-18-19(14-16)28-13-12-27-18/h4-11,14H,12-13H2,1-3H3. The Labute approximate surface area is 189 Å². The normalized spacial score (nSPS) is 13.4. The molecule has 0 bridgehead atoms. The summed E-state index contributed by atoms with van der Waals surface area (Å²) >= 11 is 3.45. The highest BCUT2D eigenvalue weighted by atomic mass is 32.2. The van der Waals surface area contributed by atoms with Gasteiger partial charge in [-0.3, -0.25) is 0 Å². The maximum absolute atomic E-state index is 5.70. The Kier molecular flexibility index (Phi) is 5.24. The van der Waals surface area contributed by atoms with Crippen molar-refractivity contribution in [2.45, 2.75) is 30.4 Å². The molecule has 158 valence electrons. The van der Waals surface area contributed by atoms with Crippen molar-refractivity contribution >= 4 is 23.1 Å². The van der Waals surface area contributed by atoms with Gasteiger partial charge in [0.15, 0.2) is 11.5 Å². The zero-order valence-electron chi connectivity index (χ0n) is 17.5. The second-order valence-corrected chi connectivity index (χ2v) is 11.2. The van der Waals surface area contributed by atoms with Gasteiger partial charge in [0.1, 0.15) is 13.2 Å². The quantitative estimate of drug-likeness (QED) is 0.319. The molecule has 4 aromatic rings. The fourth-order valence-electron chi connectivity index (χ4n) is 3.27. The molecule has 31 heavy (non-hydrogen) atoms. The predicted molar refractivity (Wildman–Crippen MR) is 125 cm³/mol. The van der Waals surface area contributed by atoms with E-state index in [1.54, 1.807) is 11.3 Å². The molecule has 0 fully saturated rings. The van der Waals surface area contributed by atoms with Crippen molar-refractivity contribution in [2.24, 2.45) is 0 Å². The van der Waals surface area contributed by atoms with Gasteiger partial charge in [-0.15, -0.1) is 23.1 Å². The first-order valence-corrected chi connectivity index (χ1v) is 11.7. The molecule has 0 radical (unpaired) electrons. The van der Waals surface area contributed by atoms with Crippen LogP contribution >= 0.6 is 23.1 Å². The van der Waals surface area contributed by atoms with Crippen molar-refractivity contribution in [3.8, 4) is 44.1 Å². The molecule has 0 atom stereocenters. The summed E-state index contributed by atoms with van der Waals surface area (Å²) in [5.41, 5.74) is 2.02. The molecule has 0 aliphatic carbocycles. The highest BCUT2D eigenvalue weighted by Crippen LogP contribution is 2.39. The lowest BCUT2D eigenvalue weighted by Crippen LogP contribution is -2.15. The first-order valence-electron chi connectivity index (χ1n) is 10.1. The largest absolute Gasteiger partial charge is 0.486 e. The van der Waals surface area contributed by atoms with Gasteiger partial charge >= 0.3 is 0 Å². The third-order valence-electron chi connectivity index (χ3n) is 4.61. The van der Waals surface area contributed by atoms with E-state index in [2.05, 4.69) is 49.1 Å². The Morgan fingerprint density at radius 2 is 1.55 bits per heavy atom. The van der Waals surface area contributed by atoms with Gasteiger partial charge in [0.25, 0.3) is 5.89 Å². The van der Waals surface area contributed by atoms with Crippen molar-refractivity contribution in [2.75, 3.05) is 13.2 Å². The van der Waals surface area contributed by atoms with E-state index in [0.717, 1.165) is 32.4 Å². The second-order valence-electron chi connectivity index (χ2n) is 8.18. The molecule has 0 saturated carbocycles. The molecule has 0 saturated heterocycles. The smallest absolute Gasteiger partial charge is 0.268 e. The minimum atomic E-state index is 0.176. The molecular weight excluding hydrogens is 428 g/mol. The molecule has 5 rings (SSSR count). The van der Waals surface area contributed by atoms with E-state index < -0.39 is 0 Å². The lowest BCUT2D eigenvalue weighted by Gasteiger charge is -2.18. The van der Waals surface area contributed by atoms with Crippen LogP contribution < -0.4 is 9.47 Å². The number of thiophene rings is 1. The summed E-state index contributed by atoms with van der Waals surface area (Å²) < 4.78 is 17.0. The second kappa shape index (κ2) is 8.05. The van der Waals surface area contributed by atoms with Gasteiger partial charge in [0.2, 0.25) is 5.82 Å². The molecule has 3 heterocycles. The van der Waals surface area contributed by atoms with Crippen LogP contribution in [-0.4, -0.2) is 28.1 Å². The summed E-state index contributed by atoms with van der Waals surface area (Å²) in [5, 5.41) is 4.18. The summed E-state index contributed by atoms with van der Waals surface area (Å²) in [4.78, 5) is 7.88. The topological polar surface area (TPSA) is 57.4 Å². The Morgan fingerprint density at radius 3 is 2.32 bits per heavy atom. The van der Waals surface area contributed by atoms with Gasteiger partial charge in [-0.1, -0.05) is 25.9 Å². The van der Waals surface area contributed by atoms with Crippen molar-refractivity contribution in [3.63, 3.8) is 0 Å². The van der Waals surface area contributed by atoms with Crippen molar-refractivity contribution in [1.82, 2.24) is 10.1 Å². The molecule has 1 aliphatic heterocycles. The maximum atomic E-state index is 5.70. The van der Waals surface area contributed by atoms with Crippen LogP contribution in [0, 0.1) is 0 Å². The number of thioether (sulfide) groups is 1. The van der Waals surface area contributed by atoms with E-state index in [1.165, 1.54) is 4.90 Å². The lowest BCUT2D eigenvalue weighted by molar-refractivity contribution is 0.171. The minimum absolute atomic E-state index is 0.176. The number of ether oxygens (including phenoxy) is 2. The van der Waals surface area contributed by atoms with E-state index in [-0.39, 0.29) is 4.75 Å². The number of benzene rings is 2.